The second-order valence-electron chi connectivity index (χ2n) is 6.81. The molecule has 0 fully saturated rings. The van der Waals surface area contributed by atoms with E-state index in [-0.39, 0.29) is 41.0 Å². The van der Waals surface area contributed by atoms with Crippen LogP contribution in [0.2, 0.25) is 0 Å². The molecular formula is C24H18FN3O4S. The maximum absolute atomic E-state index is 12.9. The summed E-state index contributed by atoms with van der Waals surface area (Å²) in [5.41, 5.74) is 1.64. The van der Waals surface area contributed by atoms with Gasteiger partial charge in [-0.2, -0.15) is 0 Å². The van der Waals surface area contributed by atoms with E-state index in [1.54, 1.807) is 48.5 Å². The predicted molar refractivity (Wildman–Crippen MR) is 121 cm³/mol. The van der Waals surface area contributed by atoms with Gasteiger partial charge in [0, 0.05) is 16.8 Å². The summed E-state index contributed by atoms with van der Waals surface area (Å²) >= 11 is 1.12. The first-order chi connectivity index (χ1) is 16.1. The third-order valence-corrected chi connectivity index (χ3v) is 5.27. The van der Waals surface area contributed by atoms with Crippen LogP contribution in [0.25, 0.3) is 0 Å². The number of amides is 1. The van der Waals surface area contributed by atoms with Crippen LogP contribution in [0.4, 0.5) is 10.1 Å². The number of aromatic nitrogens is 2. The van der Waals surface area contributed by atoms with Crippen molar-refractivity contribution in [1.82, 2.24) is 10.2 Å². The van der Waals surface area contributed by atoms with Crippen molar-refractivity contribution < 1.29 is 23.1 Å². The number of nitrogens with zero attached hydrogens (tertiary/aromatic N) is 2. The molecule has 0 atom stereocenters. The van der Waals surface area contributed by atoms with Gasteiger partial charge in [0.15, 0.2) is 12.4 Å². The van der Waals surface area contributed by atoms with E-state index in [0.29, 0.717) is 22.6 Å². The Hall–Kier alpha value is -3.98. The highest BCUT2D eigenvalue weighted by molar-refractivity contribution is 7.99. The standard InChI is InChI=1S/C24H18FN3O4S/c25-18-8-12-20(13-9-18)31-14-22-27-28-24(32-22)33-15-21(29)16-6-10-19(11-7-16)26-23(30)17-4-2-1-3-5-17/h1-13H,14-15H2,(H,26,30). The van der Waals surface area contributed by atoms with E-state index in [4.69, 9.17) is 9.15 Å². The van der Waals surface area contributed by atoms with Crippen LogP contribution in [-0.4, -0.2) is 27.6 Å². The van der Waals surface area contributed by atoms with Crippen molar-refractivity contribution in [3.05, 3.63) is 102 Å². The van der Waals surface area contributed by atoms with E-state index < -0.39 is 0 Å². The number of thioether (sulfide) groups is 1. The van der Waals surface area contributed by atoms with Gasteiger partial charge in [0.2, 0.25) is 0 Å². The first-order valence-electron chi connectivity index (χ1n) is 9.90. The minimum atomic E-state index is -0.352. The molecule has 0 saturated heterocycles. The van der Waals surface area contributed by atoms with Gasteiger partial charge in [-0.3, -0.25) is 9.59 Å². The lowest BCUT2D eigenvalue weighted by Gasteiger charge is -2.06. The summed E-state index contributed by atoms with van der Waals surface area (Å²) in [7, 11) is 0. The smallest absolute Gasteiger partial charge is 0.277 e. The summed E-state index contributed by atoms with van der Waals surface area (Å²) in [6, 6.07) is 21.1. The van der Waals surface area contributed by atoms with Gasteiger partial charge in [0.05, 0.1) is 5.75 Å². The Morgan fingerprint density at radius 2 is 1.64 bits per heavy atom. The number of hydrogen-bond acceptors (Lipinski definition) is 7. The Morgan fingerprint density at radius 1 is 0.909 bits per heavy atom. The summed E-state index contributed by atoms with van der Waals surface area (Å²) < 4.78 is 23.8. The quantitative estimate of drug-likeness (QED) is 0.275. The van der Waals surface area contributed by atoms with Crippen molar-refractivity contribution in [1.29, 1.82) is 0 Å². The summed E-state index contributed by atoms with van der Waals surface area (Å²) in [5.74, 6) is 0.130. The summed E-state index contributed by atoms with van der Waals surface area (Å²) in [4.78, 5) is 24.7. The van der Waals surface area contributed by atoms with Crippen molar-refractivity contribution in [3.63, 3.8) is 0 Å². The molecule has 4 aromatic rings. The number of rotatable bonds is 9. The number of carbonyl (C=O) groups excluding carboxylic acids is 2. The molecular weight excluding hydrogens is 445 g/mol. The molecule has 0 bridgehead atoms. The van der Waals surface area contributed by atoms with Crippen LogP contribution < -0.4 is 10.1 Å². The van der Waals surface area contributed by atoms with E-state index in [1.165, 1.54) is 24.3 Å². The van der Waals surface area contributed by atoms with Crippen LogP contribution >= 0.6 is 11.8 Å². The van der Waals surface area contributed by atoms with Gasteiger partial charge in [0.1, 0.15) is 11.6 Å². The van der Waals surface area contributed by atoms with E-state index >= 15 is 0 Å². The molecule has 0 spiro atoms. The Morgan fingerprint density at radius 3 is 2.36 bits per heavy atom. The molecule has 1 N–H and O–H groups in total. The zero-order valence-corrected chi connectivity index (χ0v) is 18.0. The molecule has 0 aliphatic rings. The Balaban J connectivity index is 1.25. The molecule has 7 nitrogen and oxygen atoms in total. The normalized spacial score (nSPS) is 10.6. The van der Waals surface area contributed by atoms with Gasteiger partial charge in [0.25, 0.3) is 17.0 Å². The predicted octanol–water partition coefficient (Wildman–Crippen LogP) is 5.02. The van der Waals surface area contributed by atoms with Gasteiger partial charge < -0.3 is 14.5 Å². The van der Waals surface area contributed by atoms with Crippen LogP contribution in [0.15, 0.2) is 88.5 Å². The van der Waals surface area contributed by atoms with Crippen molar-refractivity contribution in [3.8, 4) is 5.75 Å². The maximum atomic E-state index is 12.9. The number of ketones is 1. The van der Waals surface area contributed by atoms with E-state index in [0.717, 1.165) is 11.8 Å². The van der Waals surface area contributed by atoms with Crippen LogP contribution in [0, 0.1) is 5.82 Å². The highest BCUT2D eigenvalue weighted by Crippen LogP contribution is 2.20. The number of halogens is 1. The summed E-state index contributed by atoms with van der Waals surface area (Å²) in [6.45, 7) is 0.0311. The molecule has 0 unspecified atom stereocenters. The second kappa shape index (κ2) is 10.6. The molecule has 0 aliphatic heterocycles. The fraction of sp³-hybridized carbons (Fsp3) is 0.0833. The summed E-state index contributed by atoms with van der Waals surface area (Å²) in [5, 5.41) is 10.8. The van der Waals surface area contributed by atoms with Gasteiger partial charge >= 0.3 is 0 Å². The molecule has 0 radical (unpaired) electrons. The number of carbonyl (C=O) groups is 2. The first-order valence-corrected chi connectivity index (χ1v) is 10.9. The van der Waals surface area contributed by atoms with Crippen LogP contribution in [0.5, 0.6) is 5.75 Å². The van der Waals surface area contributed by atoms with Crippen molar-refractivity contribution >= 4 is 29.1 Å². The van der Waals surface area contributed by atoms with Crippen molar-refractivity contribution in [2.75, 3.05) is 11.1 Å². The number of benzene rings is 3. The highest BCUT2D eigenvalue weighted by atomic mass is 32.2. The molecule has 3 aromatic carbocycles. The molecule has 9 heteroatoms. The zero-order valence-electron chi connectivity index (χ0n) is 17.2. The lowest BCUT2D eigenvalue weighted by atomic mass is 10.1. The topological polar surface area (TPSA) is 94.3 Å². The molecule has 166 valence electrons. The largest absolute Gasteiger partial charge is 0.484 e. The minimum absolute atomic E-state index is 0.0311. The average molecular weight is 463 g/mol. The number of ether oxygens (including phenoxy) is 1. The van der Waals surface area contributed by atoms with Crippen molar-refractivity contribution in [2.24, 2.45) is 0 Å². The Labute approximate surface area is 193 Å². The third-order valence-electron chi connectivity index (χ3n) is 4.45. The van der Waals surface area contributed by atoms with Crippen LogP contribution in [-0.2, 0) is 6.61 Å². The fourth-order valence-corrected chi connectivity index (χ4v) is 3.45. The van der Waals surface area contributed by atoms with E-state index in [1.807, 2.05) is 6.07 Å². The second-order valence-corrected chi connectivity index (χ2v) is 7.74. The summed E-state index contributed by atoms with van der Waals surface area (Å²) in [6.07, 6.45) is 0. The zero-order chi connectivity index (χ0) is 23.0. The molecule has 1 amide bonds. The van der Waals surface area contributed by atoms with Crippen molar-refractivity contribution in [2.45, 2.75) is 11.8 Å². The minimum Gasteiger partial charge on any atom is -0.484 e. The van der Waals surface area contributed by atoms with Gasteiger partial charge in [-0.05, 0) is 60.7 Å². The first kappa shape index (κ1) is 22.2. The average Bonchev–Trinajstić information content (AvgIpc) is 3.31. The fourth-order valence-electron chi connectivity index (χ4n) is 2.77. The molecule has 0 aliphatic carbocycles. The molecule has 1 aromatic heterocycles. The van der Waals surface area contributed by atoms with E-state index in [9.17, 15) is 14.0 Å². The number of nitrogens with one attached hydrogen (secondary N) is 1. The molecule has 33 heavy (non-hydrogen) atoms. The number of Topliss-reactive ketones (excluding diaryl/α,β-unsaturated/α-hetero) is 1. The van der Waals surface area contributed by atoms with Gasteiger partial charge in [-0.15, -0.1) is 10.2 Å². The Kier molecular flexibility index (Phi) is 7.11. The molecule has 4 rings (SSSR count). The highest BCUT2D eigenvalue weighted by Gasteiger charge is 2.13. The van der Waals surface area contributed by atoms with Crippen LogP contribution in [0.3, 0.4) is 0 Å². The van der Waals surface area contributed by atoms with Crippen LogP contribution in [0.1, 0.15) is 26.6 Å². The Bertz CT molecular complexity index is 1230. The third kappa shape index (κ3) is 6.27. The van der Waals surface area contributed by atoms with Gasteiger partial charge in [-0.1, -0.05) is 30.0 Å². The lowest BCUT2D eigenvalue weighted by Crippen LogP contribution is -2.11. The van der Waals surface area contributed by atoms with Gasteiger partial charge in [-0.25, -0.2) is 4.39 Å². The monoisotopic (exact) mass is 463 g/mol. The lowest BCUT2D eigenvalue weighted by molar-refractivity contribution is 0.101. The maximum Gasteiger partial charge on any atom is 0.277 e. The van der Waals surface area contributed by atoms with E-state index in [2.05, 4.69) is 15.5 Å². The number of hydrogen-bond donors (Lipinski definition) is 1. The SMILES string of the molecule is O=C(CSc1nnc(COc2ccc(F)cc2)o1)c1ccc(NC(=O)c2ccccc2)cc1. The molecule has 1 heterocycles. The number of anilines is 1. The molecule has 0 saturated carbocycles.